The van der Waals surface area contributed by atoms with Gasteiger partial charge in [-0.05, 0) is 0 Å². The fourth-order valence-corrected chi connectivity index (χ4v) is 6.02. The Hall–Kier alpha value is -1.02. The number of rotatable bonds is 3. The molecule has 2 aromatic carbocycles. The summed E-state index contributed by atoms with van der Waals surface area (Å²) < 4.78 is 9.93. The van der Waals surface area contributed by atoms with Gasteiger partial charge in [0.1, 0.15) is 0 Å². The van der Waals surface area contributed by atoms with E-state index in [1.54, 1.807) is 0 Å². The standard InChI is InChI=1S/C18H24Ge/c1-14(2)17-13-16(15-9-7-6-8-10-15)11-12-18(17)19(3,4)5/h6-14H,1-5H3/i14D. The van der Waals surface area contributed by atoms with Gasteiger partial charge in [0.25, 0.3) is 0 Å². The van der Waals surface area contributed by atoms with Gasteiger partial charge in [-0.25, -0.2) is 0 Å². The molecule has 0 aromatic heterocycles. The first kappa shape index (κ1) is 13.0. The van der Waals surface area contributed by atoms with Crippen LogP contribution < -0.4 is 4.40 Å². The molecule has 0 bridgehead atoms. The van der Waals surface area contributed by atoms with Crippen molar-refractivity contribution in [2.45, 2.75) is 37.0 Å². The van der Waals surface area contributed by atoms with Crippen LogP contribution in [0.25, 0.3) is 11.1 Å². The molecule has 0 heterocycles. The minimum atomic E-state index is -1.95. The minimum absolute atomic E-state index is 0.543. The SMILES string of the molecule is [2H]C(C)(C)c1cc(-c2ccccc2)cc[c]1[Ge]([CH3])([CH3])[CH3]. The van der Waals surface area contributed by atoms with Crippen molar-refractivity contribution in [3.8, 4) is 11.1 Å². The van der Waals surface area contributed by atoms with Crippen LogP contribution in [-0.4, -0.2) is 13.3 Å². The Morgan fingerprint density at radius 3 is 2.05 bits per heavy atom. The molecule has 0 aliphatic heterocycles. The van der Waals surface area contributed by atoms with E-state index in [4.69, 9.17) is 1.37 Å². The Morgan fingerprint density at radius 1 is 0.895 bits per heavy atom. The van der Waals surface area contributed by atoms with E-state index in [2.05, 4.69) is 59.7 Å². The number of benzene rings is 2. The molecule has 100 valence electrons. The molecule has 0 atom stereocenters. The maximum absolute atomic E-state index is 8.48. The van der Waals surface area contributed by atoms with Crippen LogP contribution in [0.1, 0.15) is 26.7 Å². The van der Waals surface area contributed by atoms with Crippen molar-refractivity contribution in [1.29, 1.82) is 0 Å². The molecule has 2 aromatic rings. The van der Waals surface area contributed by atoms with Gasteiger partial charge >= 0.3 is 121 Å². The molecular formula is C18H24Ge. The molecule has 2 rings (SSSR count). The van der Waals surface area contributed by atoms with Crippen molar-refractivity contribution in [1.82, 2.24) is 0 Å². The van der Waals surface area contributed by atoms with Crippen LogP contribution >= 0.6 is 0 Å². The molecule has 0 N–H and O–H groups in total. The summed E-state index contributed by atoms with van der Waals surface area (Å²) >= 11 is -1.95. The molecule has 0 nitrogen and oxygen atoms in total. The first-order valence-corrected chi connectivity index (χ1v) is 14.2. The third-order valence-corrected chi connectivity index (χ3v) is 7.78. The average molecular weight is 314 g/mol. The molecular weight excluding hydrogens is 289 g/mol. The zero-order chi connectivity index (χ0) is 15.0. The van der Waals surface area contributed by atoms with E-state index in [1.807, 2.05) is 19.9 Å². The van der Waals surface area contributed by atoms with Crippen LogP contribution in [0.3, 0.4) is 0 Å². The molecule has 0 saturated carbocycles. The Balaban J connectivity index is 2.62. The quantitative estimate of drug-likeness (QED) is 0.698. The second kappa shape index (κ2) is 5.54. The van der Waals surface area contributed by atoms with Crippen LogP contribution in [0.5, 0.6) is 0 Å². The van der Waals surface area contributed by atoms with E-state index >= 15 is 0 Å². The van der Waals surface area contributed by atoms with Crippen LogP contribution in [0.2, 0.25) is 17.3 Å². The Bertz CT molecular complexity index is 589. The van der Waals surface area contributed by atoms with Gasteiger partial charge in [0.15, 0.2) is 0 Å². The second-order valence-corrected chi connectivity index (χ2v) is 16.9. The van der Waals surface area contributed by atoms with Crippen LogP contribution in [0.15, 0.2) is 48.5 Å². The molecule has 19 heavy (non-hydrogen) atoms. The van der Waals surface area contributed by atoms with E-state index in [1.165, 1.54) is 21.1 Å². The van der Waals surface area contributed by atoms with Crippen molar-refractivity contribution >= 4 is 17.7 Å². The summed E-state index contributed by atoms with van der Waals surface area (Å²) in [5.74, 6) is 6.64. The van der Waals surface area contributed by atoms with Gasteiger partial charge in [-0.2, -0.15) is 0 Å². The summed E-state index contributed by atoms with van der Waals surface area (Å²) in [4.78, 5) is 0. The van der Waals surface area contributed by atoms with Crippen molar-refractivity contribution in [2.75, 3.05) is 0 Å². The fourth-order valence-electron chi connectivity index (χ4n) is 2.42. The van der Waals surface area contributed by atoms with Crippen LogP contribution in [0.4, 0.5) is 0 Å². The summed E-state index contributed by atoms with van der Waals surface area (Å²) in [6.07, 6.45) is 0. The van der Waals surface area contributed by atoms with Crippen molar-refractivity contribution in [2.24, 2.45) is 0 Å². The predicted octanol–water partition coefficient (Wildman–Crippen LogP) is 5.02. The van der Waals surface area contributed by atoms with E-state index in [0.29, 0.717) is 0 Å². The molecule has 0 aliphatic rings. The topological polar surface area (TPSA) is 0 Å². The van der Waals surface area contributed by atoms with Crippen LogP contribution in [0, 0.1) is 0 Å². The molecule has 0 aliphatic carbocycles. The summed E-state index contributed by atoms with van der Waals surface area (Å²) in [6.45, 7) is 3.99. The fraction of sp³-hybridized carbons (Fsp3) is 0.333. The summed E-state index contributed by atoms with van der Waals surface area (Å²) in [5.41, 5.74) is 3.65. The molecule has 0 amide bonds. The second-order valence-electron chi connectivity index (χ2n) is 6.38. The Labute approximate surface area is 121 Å². The monoisotopic (exact) mass is 315 g/mol. The molecule has 0 fully saturated rings. The van der Waals surface area contributed by atoms with Crippen molar-refractivity contribution < 1.29 is 1.37 Å². The zero-order valence-corrected chi connectivity index (χ0v) is 14.7. The maximum atomic E-state index is 8.48. The third-order valence-electron chi connectivity index (χ3n) is 3.47. The van der Waals surface area contributed by atoms with E-state index in [0.717, 1.165) is 0 Å². The number of hydrogen-bond acceptors (Lipinski definition) is 0. The van der Waals surface area contributed by atoms with Gasteiger partial charge in [0, 0.05) is 0 Å². The molecule has 0 saturated heterocycles. The summed E-state index contributed by atoms with van der Waals surface area (Å²) in [5, 5.41) is 0. The third kappa shape index (κ3) is 3.30. The van der Waals surface area contributed by atoms with Gasteiger partial charge in [-0.1, -0.05) is 0 Å². The van der Waals surface area contributed by atoms with Gasteiger partial charge in [-0.3, -0.25) is 0 Å². The van der Waals surface area contributed by atoms with Crippen molar-refractivity contribution in [3.63, 3.8) is 0 Å². The van der Waals surface area contributed by atoms with E-state index < -0.39 is 19.2 Å². The normalized spacial score (nSPS) is 13.2. The molecule has 0 radical (unpaired) electrons. The summed E-state index contributed by atoms with van der Waals surface area (Å²) in [6, 6.07) is 17.2. The Kier molecular flexibility index (Phi) is 3.79. The number of hydrogen-bond donors (Lipinski definition) is 0. The first-order chi connectivity index (χ1) is 9.19. The summed E-state index contributed by atoms with van der Waals surface area (Å²) in [7, 11) is 0. The van der Waals surface area contributed by atoms with E-state index in [9.17, 15) is 0 Å². The molecule has 0 unspecified atom stereocenters. The predicted molar refractivity (Wildman–Crippen MR) is 88.9 cm³/mol. The van der Waals surface area contributed by atoms with Gasteiger partial charge in [-0.15, -0.1) is 0 Å². The van der Waals surface area contributed by atoms with Crippen molar-refractivity contribution in [3.05, 3.63) is 54.1 Å². The molecule has 0 spiro atoms. The first-order valence-electron chi connectivity index (χ1n) is 7.40. The van der Waals surface area contributed by atoms with Crippen LogP contribution in [-0.2, 0) is 0 Å². The van der Waals surface area contributed by atoms with Gasteiger partial charge in [0.05, 0.1) is 0 Å². The van der Waals surface area contributed by atoms with Gasteiger partial charge in [0.2, 0.25) is 0 Å². The van der Waals surface area contributed by atoms with Gasteiger partial charge < -0.3 is 0 Å². The van der Waals surface area contributed by atoms with E-state index in [-0.39, 0.29) is 0 Å². The Morgan fingerprint density at radius 2 is 1.53 bits per heavy atom. The molecule has 1 heteroatoms. The average Bonchev–Trinajstić information content (AvgIpc) is 2.37. The zero-order valence-electron chi connectivity index (χ0n) is 13.6.